The summed E-state index contributed by atoms with van der Waals surface area (Å²) in [6, 6.07) is 11.6. The van der Waals surface area contributed by atoms with Crippen molar-refractivity contribution in [3.8, 4) is 5.75 Å². The van der Waals surface area contributed by atoms with E-state index in [1.807, 2.05) is 18.2 Å². The first-order chi connectivity index (χ1) is 7.20. The van der Waals surface area contributed by atoms with E-state index in [2.05, 4.69) is 13.0 Å². The third-order valence-electron chi connectivity index (χ3n) is 2.72. The first kappa shape index (κ1) is 12.8. The monoisotopic (exact) mass is 237 g/mol. The van der Waals surface area contributed by atoms with E-state index in [1.165, 1.54) is 0 Å². The third-order valence-corrected chi connectivity index (χ3v) is 2.72. The molecule has 2 rings (SSSR count). The number of fused-ring (bicyclic) bond motifs is 1. The molecule has 0 aromatic heterocycles. The first-order valence-corrected chi connectivity index (χ1v) is 5.19. The minimum atomic E-state index is 0. The molecule has 0 fully saturated rings. The molecule has 2 aromatic rings. The summed E-state index contributed by atoms with van der Waals surface area (Å²) in [5.74, 6) is 0.301. The van der Waals surface area contributed by atoms with Crippen molar-refractivity contribution in [2.24, 2.45) is 5.73 Å². The van der Waals surface area contributed by atoms with E-state index in [1.54, 1.807) is 12.1 Å². The van der Waals surface area contributed by atoms with Gasteiger partial charge in [-0.2, -0.15) is 0 Å². The maximum Gasteiger partial charge on any atom is 0.116 e. The topological polar surface area (TPSA) is 46.2 Å². The Balaban J connectivity index is 0.00000128. The number of halogens is 1. The molecule has 3 heteroatoms. The number of rotatable bonds is 2. The van der Waals surface area contributed by atoms with Crippen LogP contribution >= 0.6 is 12.4 Å². The number of aromatic hydroxyl groups is 1. The second-order valence-electron chi connectivity index (χ2n) is 3.81. The van der Waals surface area contributed by atoms with E-state index in [9.17, 15) is 5.11 Å². The molecule has 3 N–H and O–H groups in total. The lowest BCUT2D eigenvalue weighted by molar-refractivity contribution is 0.476. The molecule has 86 valence electrons. The molecular weight excluding hydrogens is 222 g/mol. The predicted molar refractivity (Wildman–Crippen MR) is 70.1 cm³/mol. The zero-order chi connectivity index (χ0) is 10.8. The Morgan fingerprint density at radius 3 is 2.44 bits per heavy atom. The van der Waals surface area contributed by atoms with E-state index in [-0.39, 0.29) is 18.4 Å². The molecule has 0 saturated heterocycles. The van der Waals surface area contributed by atoms with E-state index < -0.39 is 0 Å². The molecule has 0 heterocycles. The van der Waals surface area contributed by atoms with Crippen LogP contribution in [0.1, 0.15) is 24.9 Å². The number of hydrogen-bond donors (Lipinski definition) is 2. The van der Waals surface area contributed by atoms with Crippen LogP contribution in [-0.4, -0.2) is 5.11 Å². The molecule has 0 bridgehead atoms. The van der Waals surface area contributed by atoms with E-state index in [0.29, 0.717) is 5.75 Å². The van der Waals surface area contributed by atoms with E-state index in [4.69, 9.17) is 5.73 Å². The van der Waals surface area contributed by atoms with Crippen LogP contribution in [0.5, 0.6) is 5.75 Å². The van der Waals surface area contributed by atoms with Gasteiger partial charge in [-0.1, -0.05) is 25.1 Å². The largest absolute Gasteiger partial charge is 0.508 e. The number of nitrogens with two attached hydrogens (primary N) is 1. The fourth-order valence-electron chi connectivity index (χ4n) is 1.72. The molecule has 16 heavy (non-hydrogen) atoms. The van der Waals surface area contributed by atoms with Gasteiger partial charge in [0.2, 0.25) is 0 Å². The highest BCUT2D eigenvalue weighted by Crippen LogP contribution is 2.23. The van der Waals surface area contributed by atoms with Gasteiger partial charge in [0.05, 0.1) is 0 Å². The second kappa shape index (κ2) is 5.19. The van der Waals surface area contributed by atoms with Crippen LogP contribution in [0.25, 0.3) is 10.8 Å². The minimum Gasteiger partial charge on any atom is -0.508 e. The second-order valence-corrected chi connectivity index (χ2v) is 3.81. The molecule has 2 nitrogen and oxygen atoms in total. The Labute approximate surface area is 101 Å². The number of phenols is 1. The number of benzene rings is 2. The molecule has 0 aliphatic heterocycles. The van der Waals surface area contributed by atoms with Crippen LogP contribution in [0.15, 0.2) is 36.4 Å². The summed E-state index contributed by atoms with van der Waals surface area (Å²) < 4.78 is 0. The molecule has 1 atom stereocenters. The summed E-state index contributed by atoms with van der Waals surface area (Å²) >= 11 is 0. The fraction of sp³-hybridized carbons (Fsp3) is 0.231. The van der Waals surface area contributed by atoms with Crippen LogP contribution in [0.4, 0.5) is 0 Å². The normalized spacial score (nSPS) is 12.1. The van der Waals surface area contributed by atoms with Crippen LogP contribution in [0, 0.1) is 0 Å². The van der Waals surface area contributed by atoms with Gasteiger partial charge in [-0.15, -0.1) is 12.4 Å². The summed E-state index contributed by atoms with van der Waals surface area (Å²) in [7, 11) is 0. The maximum absolute atomic E-state index is 9.33. The maximum atomic E-state index is 9.33. The van der Waals surface area contributed by atoms with Crippen molar-refractivity contribution < 1.29 is 5.11 Å². The van der Waals surface area contributed by atoms with Gasteiger partial charge in [0.15, 0.2) is 0 Å². The molecule has 0 saturated carbocycles. The molecule has 0 aliphatic rings. The minimum absolute atomic E-state index is 0. The summed E-state index contributed by atoms with van der Waals surface area (Å²) in [6.45, 7) is 2.08. The molecule has 2 aromatic carbocycles. The Kier molecular flexibility index (Phi) is 4.16. The van der Waals surface area contributed by atoms with Gasteiger partial charge in [0, 0.05) is 6.04 Å². The van der Waals surface area contributed by atoms with E-state index in [0.717, 1.165) is 22.8 Å². The van der Waals surface area contributed by atoms with Gasteiger partial charge in [-0.25, -0.2) is 0 Å². The Hall–Kier alpha value is -1.25. The Morgan fingerprint density at radius 2 is 1.75 bits per heavy atom. The van der Waals surface area contributed by atoms with Crippen molar-refractivity contribution in [1.82, 2.24) is 0 Å². The predicted octanol–water partition coefficient (Wildman–Crippen LogP) is 3.38. The van der Waals surface area contributed by atoms with Crippen LogP contribution in [0.3, 0.4) is 0 Å². The zero-order valence-electron chi connectivity index (χ0n) is 9.18. The fourth-order valence-corrected chi connectivity index (χ4v) is 1.72. The van der Waals surface area contributed by atoms with Gasteiger partial charge in [-0.3, -0.25) is 0 Å². The molecule has 0 radical (unpaired) electrons. The molecule has 0 amide bonds. The lowest BCUT2D eigenvalue weighted by Gasteiger charge is -2.10. The van der Waals surface area contributed by atoms with Crippen molar-refractivity contribution in [3.05, 3.63) is 42.0 Å². The highest BCUT2D eigenvalue weighted by atomic mass is 35.5. The summed E-state index contributed by atoms with van der Waals surface area (Å²) in [5, 5.41) is 11.5. The van der Waals surface area contributed by atoms with E-state index >= 15 is 0 Å². The quantitative estimate of drug-likeness (QED) is 0.841. The molecule has 0 spiro atoms. The SMILES string of the molecule is CC[C@@H](N)c1ccc2cc(O)ccc2c1.Cl. The molecule has 0 unspecified atom stereocenters. The van der Waals surface area contributed by atoms with Crippen molar-refractivity contribution in [2.75, 3.05) is 0 Å². The summed E-state index contributed by atoms with van der Waals surface area (Å²) in [5.41, 5.74) is 7.11. The van der Waals surface area contributed by atoms with Gasteiger partial charge >= 0.3 is 0 Å². The smallest absolute Gasteiger partial charge is 0.116 e. The van der Waals surface area contributed by atoms with Gasteiger partial charge in [0.1, 0.15) is 5.75 Å². The number of phenolic OH excluding ortho intramolecular Hbond substituents is 1. The molecular formula is C13H16ClNO. The standard InChI is InChI=1S/C13H15NO.ClH/c1-2-13(14)11-4-3-10-8-12(15)6-5-9(10)7-11;/h3-8,13,15H,2,14H2,1H3;1H/t13-;/m1./s1. The van der Waals surface area contributed by atoms with Crippen LogP contribution < -0.4 is 5.73 Å². The van der Waals surface area contributed by atoms with Crippen molar-refractivity contribution in [2.45, 2.75) is 19.4 Å². The third kappa shape index (κ3) is 2.46. The highest BCUT2D eigenvalue weighted by Gasteiger charge is 2.04. The molecule has 0 aliphatic carbocycles. The zero-order valence-corrected chi connectivity index (χ0v) is 10.00. The van der Waals surface area contributed by atoms with Crippen molar-refractivity contribution in [3.63, 3.8) is 0 Å². The first-order valence-electron chi connectivity index (χ1n) is 5.19. The van der Waals surface area contributed by atoms with Gasteiger partial charge in [-0.05, 0) is 41.0 Å². The average molecular weight is 238 g/mol. The average Bonchev–Trinajstić information content (AvgIpc) is 2.27. The van der Waals surface area contributed by atoms with Gasteiger partial charge < -0.3 is 10.8 Å². The van der Waals surface area contributed by atoms with Crippen molar-refractivity contribution in [1.29, 1.82) is 0 Å². The van der Waals surface area contributed by atoms with Gasteiger partial charge in [0.25, 0.3) is 0 Å². The Bertz CT molecular complexity index is 484. The van der Waals surface area contributed by atoms with Crippen LogP contribution in [0.2, 0.25) is 0 Å². The highest BCUT2D eigenvalue weighted by molar-refractivity contribution is 5.85. The lowest BCUT2D eigenvalue weighted by Crippen LogP contribution is -2.08. The van der Waals surface area contributed by atoms with Crippen molar-refractivity contribution >= 4 is 23.2 Å². The Morgan fingerprint density at radius 1 is 1.12 bits per heavy atom. The summed E-state index contributed by atoms with van der Waals surface area (Å²) in [4.78, 5) is 0. The summed E-state index contributed by atoms with van der Waals surface area (Å²) in [6.07, 6.45) is 0.934. The lowest BCUT2D eigenvalue weighted by atomic mass is 10.0. The number of hydrogen-bond acceptors (Lipinski definition) is 2. The van der Waals surface area contributed by atoms with Crippen LogP contribution in [-0.2, 0) is 0 Å².